The van der Waals surface area contributed by atoms with Crippen molar-refractivity contribution < 1.29 is 28.6 Å². The van der Waals surface area contributed by atoms with E-state index in [1.54, 1.807) is 0 Å². The first-order chi connectivity index (χ1) is 9.22. The molecule has 1 rings (SSSR count). The van der Waals surface area contributed by atoms with Crippen molar-refractivity contribution in [2.75, 3.05) is 0 Å². The molecule has 108 valence electrons. The SMILES string of the molecule is CC(=O)Oc1c(Cl)cc(Cl)c(OC(C)=O)c1OC(C)=O. The minimum Gasteiger partial charge on any atom is -0.421 e. The van der Waals surface area contributed by atoms with Gasteiger partial charge in [-0.1, -0.05) is 23.2 Å². The molecule has 0 aliphatic rings. The van der Waals surface area contributed by atoms with E-state index in [1.165, 1.54) is 6.07 Å². The van der Waals surface area contributed by atoms with Crippen LogP contribution in [0.4, 0.5) is 0 Å². The number of esters is 3. The van der Waals surface area contributed by atoms with Crippen LogP contribution in [0.5, 0.6) is 17.2 Å². The van der Waals surface area contributed by atoms with Crippen LogP contribution in [0.3, 0.4) is 0 Å². The lowest BCUT2D eigenvalue weighted by Crippen LogP contribution is -2.11. The molecule has 0 saturated carbocycles. The first-order valence-electron chi connectivity index (χ1n) is 5.29. The smallest absolute Gasteiger partial charge is 0.308 e. The number of benzene rings is 1. The lowest BCUT2D eigenvalue weighted by atomic mass is 10.3. The third kappa shape index (κ3) is 4.11. The van der Waals surface area contributed by atoms with Crippen LogP contribution in [0.2, 0.25) is 10.0 Å². The zero-order valence-corrected chi connectivity index (χ0v) is 12.3. The van der Waals surface area contributed by atoms with Gasteiger partial charge in [-0.15, -0.1) is 0 Å². The minimum atomic E-state index is -0.731. The van der Waals surface area contributed by atoms with Gasteiger partial charge in [0.1, 0.15) is 0 Å². The second-order valence-electron chi connectivity index (χ2n) is 3.61. The molecule has 0 fully saturated rings. The Morgan fingerprint density at radius 1 is 0.750 bits per heavy atom. The Kier molecular flexibility index (Phi) is 5.35. The lowest BCUT2D eigenvalue weighted by Gasteiger charge is -2.15. The van der Waals surface area contributed by atoms with Crippen LogP contribution in [0.25, 0.3) is 0 Å². The van der Waals surface area contributed by atoms with E-state index < -0.39 is 17.9 Å². The standard InChI is InChI=1S/C12H10Cl2O6/c1-5(15)18-10-8(13)4-9(14)11(19-6(2)16)12(10)20-7(3)17/h4H,1-3H3. The highest BCUT2D eigenvalue weighted by Gasteiger charge is 2.24. The summed E-state index contributed by atoms with van der Waals surface area (Å²) in [5.41, 5.74) is 0. The molecular weight excluding hydrogens is 311 g/mol. The molecule has 8 heteroatoms. The predicted octanol–water partition coefficient (Wildman–Crippen LogP) is 2.77. The van der Waals surface area contributed by atoms with Crippen LogP contribution in [0.15, 0.2) is 6.07 Å². The van der Waals surface area contributed by atoms with E-state index in [9.17, 15) is 14.4 Å². The molecule has 0 aromatic heterocycles. The van der Waals surface area contributed by atoms with Crippen LogP contribution < -0.4 is 14.2 Å². The maximum atomic E-state index is 11.1. The average molecular weight is 321 g/mol. The van der Waals surface area contributed by atoms with E-state index in [1.807, 2.05) is 0 Å². The normalized spacial score (nSPS) is 9.85. The van der Waals surface area contributed by atoms with Crippen LogP contribution >= 0.6 is 23.2 Å². The van der Waals surface area contributed by atoms with Crippen LogP contribution in [0, 0.1) is 0 Å². The highest BCUT2D eigenvalue weighted by molar-refractivity contribution is 6.37. The molecule has 1 aromatic rings. The number of hydrogen-bond acceptors (Lipinski definition) is 6. The van der Waals surface area contributed by atoms with Gasteiger partial charge in [-0.05, 0) is 6.07 Å². The van der Waals surface area contributed by atoms with E-state index in [4.69, 9.17) is 37.4 Å². The molecule has 0 heterocycles. The number of rotatable bonds is 3. The second-order valence-corrected chi connectivity index (χ2v) is 4.42. The van der Waals surface area contributed by atoms with Gasteiger partial charge in [0.15, 0.2) is 11.5 Å². The van der Waals surface area contributed by atoms with Gasteiger partial charge in [-0.3, -0.25) is 14.4 Å². The van der Waals surface area contributed by atoms with E-state index in [0.717, 1.165) is 20.8 Å². The molecule has 0 N–H and O–H groups in total. The van der Waals surface area contributed by atoms with Gasteiger partial charge in [0, 0.05) is 20.8 Å². The third-order valence-corrected chi connectivity index (χ3v) is 2.40. The summed E-state index contributed by atoms with van der Waals surface area (Å²) in [4.78, 5) is 33.2. The number of carbonyl (C=O) groups is 3. The fraction of sp³-hybridized carbons (Fsp3) is 0.250. The Bertz CT molecular complexity index is 542. The van der Waals surface area contributed by atoms with Crippen molar-refractivity contribution in [1.29, 1.82) is 0 Å². The minimum absolute atomic E-state index is 0.0719. The largest absolute Gasteiger partial charge is 0.421 e. The second kappa shape index (κ2) is 6.58. The number of ether oxygens (including phenoxy) is 3. The number of halogens is 2. The molecule has 0 spiro atoms. The fourth-order valence-corrected chi connectivity index (χ4v) is 1.80. The van der Waals surface area contributed by atoms with Crippen molar-refractivity contribution >= 4 is 41.1 Å². The summed E-state index contributed by atoms with van der Waals surface area (Å²) < 4.78 is 14.6. The molecule has 0 unspecified atom stereocenters. The van der Waals surface area contributed by atoms with Crippen molar-refractivity contribution in [3.63, 3.8) is 0 Å². The summed E-state index contributed by atoms with van der Waals surface area (Å²) in [6, 6.07) is 1.20. The van der Waals surface area contributed by atoms with Gasteiger partial charge >= 0.3 is 17.9 Å². The molecule has 6 nitrogen and oxygen atoms in total. The predicted molar refractivity (Wildman–Crippen MR) is 70.4 cm³/mol. The molecule has 0 bridgehead atoms. The molecule has 0 aliphatic carbocycles. The summed E-state index contributed by atoms with van der Waals surface area (Å²) in [5, 5.41) is -0.144. The van der Waals surface area contributed by atoms with E-state index in [2.05, 4.69) is 0 Å². The van der Waals surface area contributed by atoms with E-state index in [-0.39, 0.29) is 27.3 Å². The molecular formula is C12H10Cl2O6. The highest BCUT2D eigenvalue weighted by atomic mass is 35.5. The van der Waals surface area contributed by atoms with Gasteiger partial charge < -0.3 is 14.2 Å². The van der Waals surface area contributed by atoms with Gasteiger partial charge in [0.05, 0.1) is 10.0 Å². The Morgan fingerprint density at radius 3 is 1.35 bits per heavy atom. The zero-order chi connectivity index (χ0) is 15.4. The summed E-state index contributed by atoms with van der Waals surface area (Å²) in [5.74, 6) is -2.97. The van der Waals surface area contributed by atoms with Gasteiger partial charge in [-0.25, -0.2) is 0 Å². The molecule has 20 heavy (non-hydrogen) atoms. The molecule has 0 amide bonds. The Balaban J connectivity index is 3.50. The zero-order valence-electron chi connectivity index (χ0n) is 10.8. The van der Waals surface area contributed by atoms with Crippen LogP contribution in [-0.4, -0.2) is 17.9 Å². The number of carbonyl (C=O) groups excluding carboxylic acids is 3. The van der Waals surface area contributed by atoms with Crippen LogP contribution in [0.1, 0.15) is 20.8 Å². The summed E-state index contributed by atoms with van der Waals surface area (Å²) in [7, 11) is 0. The molecule has 0 saturated heterocycles. The van der Waals surface area contributed by atoms with Crippen molar-refractivity contribution in [2.24, 2.45) is 0 Å². The Hall–Kier alpha value is -1.79. The average Bonchev–Trinajstić information content (AvgIpc) is 2.27. The monoisotopic (exact) mass is 320 g/mol. The summed E-state index contributed by atoms with van der Waals surface area (Å²) in [6.07, 6.45) is 0. The topological polar surface area (TPSA) is 78.9 Å². The lowest BCUT2D eigenvalue weighted by molar-refractivity contribution is -0.135. The summed E-state index contributed by atoms with van der Waals surface area (Å²) >= 11 is 11.8. The fourth-order valence-electron chi connectivity index (χ4n) is 1.28. The van der Waals surface area contributed by atoms with Gasteiger partial charge in [0.2, 0.25) is 5.75 Å². The van der Waals surface area contributed by atoms with E-state index >= 15 is 0 Å². The summed E-state index contributed by atoms with van der Waals surface area (Å²) in [6.45, 7) is 3.38. The quantitative estimate of drug-likeness (QED) is 0.629. The van der Waals surface area contributed by atoms with Gasteiger partial charge in [0.25, 0.3) is 0 Å². The highest BCUT2D eigenvalue weighted by Crippen LogP contribution is 2.47. The molecule has 0 radical (unpaired) electrons. The molecule has 1 aromatic carbocycles. The molecule has 0 aliphatic heterocycles. The Labute approximate surface area is 124 Å². The van der Waals surface area contributed by atoms with Crippen molar-refractivity contribution in [1.82, 2.24) is 0 Å². The van der Waals surface area contributed by atoms with E-state index in [0.29, 0.717) is 0 Å². The maximum Gasteiger partial charge on any atom is 0.308 e. The first kappa shape index (κ1) is 16.3. The maximum absolute atomic E-state index is 11.1. The van der Waals surface area contributed by atoms with Gasteiger partial charge in [-0.2, -0.15) is 0 Å². The Morgan fingerprint density at radius 2 is 1.05 bits per heavy atom. The number of hydrogen-bond donors (Lipinski definition) is 0. The van der Waals surface area contributed by atoms with Crippen molar-refractivity contribution in [3.05, 3.63) is 16.1 Å². The first-order valence-corrected chi connectivity index (χ1v) is 6.05. The van der Waals surface area contributed by atoms with Crippen molar-refractivity contribution in [2.45, 2.75) is 20.8 Å². The van der Waals surface area contributed by atoms with Crippen LogP contribution in [-0.2, 0) is 14.4 Å². The van der Waals surface area contributed by atoms with Crippen molar-refractivity contribution in [3.8, 4) is 17.2 Å². The third-order valence-electron chi connectivity index (χ3n) is 1.84. The molecule has 0 atom stereocenters.